The van der Waals surface area contributed by atoms with E-state index in [0.717, 1.165) is 19.6 Å². The Bertz CT molecular complexity index is 500. The normalized spacial score (nSPS) is 29.2. The van der Waals surface area contributed by atoms with Gasteiger partial charge in [0.25, 0.3) is 5.91 Å². The fourth-order valence-electron chi connectivity index (χ4n) is 3.72. The Kier molecular flexibility index (Phi) is 3.30. The number of rotatable bonds is 2. The number of hydrogen-bond acceptors (Lipinski definition) is 3. The third-order valence-electron chi connectivity index (χ3n) is 4.98. The van der Waals surface area contributed by atoms with Gasteiger partial charge >= 0.3 is 0 Å². The van der Waals surface area contributed by atoms with Crippen LogP contribution in [-0.2, 0) is 4.79 Å². The highest BCUT2D eigenvalue weighted by atomic mass is 16.3. The first kappa shape index (κ1) is 13.6. The molecule has 3 rings (SSSR count). The second kappa shape index (κ2) is 4.86. The van der Waals surface area contributed by atoms with Gasteiger partial charge in [0.05, 0.1) is 0 Å². The van der Waals surface area contributed by atoms with Gasteiger partial charge in [-0.3, -0.25) is 4.79 Å². The molecule has 1 aromatic carbocycles. The molecule has 2 aliphatic heterocycles. The van der Waals surface area contributed by atoms with Crippen molar-refractivity contribution in [3.63, 3.8) is 0 Å². The molecule has 0 aromatic heterocycles. The third kappa shape index (κ3) is 2.03. The number of fused-ring (bicyclic) bond motifs is 1. The summed E-state index contributed by atoms with van der Waals surface area (Å²) in [6.45, 7) is 6.90. The van der Waals surface area contributed by atoms with E-state index in [1.165, 1.54) is 0 Å². The maximum Gasteiger partial charge on any atom is 0.256 e. The van der Waals surface area contributed by atoms with Crippen LogP contribution < -0.4 is 5.32 Å². The average molecular weight is 274 g/mol. The molecule has 2 saturated heterocycles. The second-order valence-electron chi connectivity index (χ2n) is 6.44. The lowest BCUT2D eigenvalue weighted by atomic mass is 9.84. The van der Waals surface area contributed by atoms with E-state index >= 15 is 0 Å². The van der Waals surface area contributed by atoms with Crippen molar-refractivity contribution in [1.29, 1.82) is 0 Å². The number of carbonyl (C=O) groups is 1. The maximum atomic E-state index is 12.6. The molecule has 3 unspecified atom stereocenters. The predicted molar refractivity (Wildman–Crippen MR) is 77.0 cm³/mol. The Morgan fingerprint density at radius 3 is 2.70 bits per heavy atom. The van der Waals surface area contributed by atoms with Crippen molar-refractivity contribution in [2.24, 2.45) is 11.8 Å². The van der Waals surface area contributed by atoms with Gasteiger partial charge in [-0.2, -0.15) is 0 Å². The van der Waals surface area contributed by atoms with Crippen molar-refractivity contribution in [1.82, 2.24) is 10.2 Å². The Morgan fingerprint density at radius 2 is 2.05 bits per heavy atom. The lowest BCUT2D eigenvalue weighted by Crippen LogP contribution is -2.49. The zero-order chi connectivity index (χ0) is 14.3. The molecule has 2 heterocycles. The highest BCUT2D eigenvalue weighted by molar-refractivity contribution is 5.83. The number of amides is 1. The van der Waals surface area contributed by atoms with Crippen LogP contribution in [0.2, 0.25) is 0 Å². The van der Waals surface area contributed by atoms with E-state index in [4.69, 9.17) is 0 Å². The van der Waals surface area contributed by atoms with Crippen LogP contribution in [0.1, 0.15) is 25.5 Å². The van der Waals surface area contributed by atoms with Crippen molar-refractivity contribution < 1.29 is 9.90 Å². The van der Waals surface area contributed by atoms with Crippen molar-refractivity contribution in [3.05, 3.63) is 35.9 Å². The largest absolute Gasteiger partial charge is 0.378 e. The van der Waals surface area contributed by atoms with Crippen molar-refractivity contribution in [2.75, 3.05) is 19.6 Å². The highest BCUT2D eigenvalue weighted by Gasteiger charge is 2.52. The SMILES string of the molecule is CC1(C)C2CNCC2CN1C(=O)C(O)c1ccccc1. The average Bonchev–Trinajstić information content (AvgIpc) is 3.01. The number of benzene rings is 1. The van der Waals surface area contributed by atoms with E-state index in [0.29, 0.717) is 17.4 Å². The first-order chi connectivity index (χ1) is 9.51. The van der Waals surface area contributed by atoms with Gasteiger partial charge < -0.3 is 15.3 Å². The molecule has 0 aliphatic carbocycles. The Labute approximate surface area is 119 Å². The first-order valence-corrected chi connectivity index (χ1v) is 7.27. The van der Waals surface area contributed by atoms with Crippen LogP contribution in [0.15, 0.2) is 30.3 Å². The van der Waals surface area contributed by atoms with E-state index < -0.39 is 6.10 Å². The molecule has 1 amide bonds. The zero-order valence-corrected chi connectivity index (χ0v) is 12.0. The van der Waals surface area contributed by atoms with Gasteiger partial charge in [-0.05, 0) is 31.2 Å². The molecule has 2 aliphatic rings. The summed E-state index contributed by atoms with van der Waals surface area (Å²) in [5.41, 5.74) is 0.476. The minimum atomic E-state index is -1.05. The topological polar surface area (TPSA) is 52.6 Å². The van der Waals surface area contributed by atoms with Gasteiger partial charge in [0.2, 0.25) is 0 Å². The van der Waals surface area contributed by atoms with Gasteiger partial charge in [-0.25, -0.2) is 0 Å². The summed E-state index contributed by atoms with van der Waals surface area (Å²) in [6.07, 6.45) is -1.05. The van der Waals surface area contributed by atoms with Crippen LogP contribution in [-0.4, -0.2) is 41.1 Å². The van der Waals surface area contributed by atoms with Crippen LogP contribution in [0.25, 0.3) is 0 Å². The summed E-state index contributed by atoms with van der Waals surface area (Å²) >= 11 is 0. The molecular formula is C16H22N2O2. The van der Waals surface area contributed by atoms with Crippen LogP contribution in [0.5, 0.6) is 0 Å². The van der Waals surface area contributed by atoms with Crippen molar-refractivity contribution >= 4 is 5.91 Å². The molecule has 3 atom stereocenters. The number of aliphatic hydroxyl groups excluding tert-OH is 1. The minimum Gasteiger partial charge on any atom is -0.378 e. The first-order valence-electron chi connectivity index (χ1n) is 7.27. The van der Waals surface area contributed by atoms with Crippen molar-refractivity contribution in [2.45, 2.75) is 25.5 Å². The zero-order valence-electron chi connectivity index (χ0n) is 12.0. The fraction of sp³-hybridized carbons (Fsp3) is 0.562. The van der Waals surface area contributed by atoms with Crippen LogP contribution in [0, 0.1) is 11.8 Å². The van der Waals surface area contributed by atoms with Crippen molar-refractivity contribution in [3.8, 4) is 0 Å². The molecule has 0 radical (unpaired) electrons. The Morgan fingerprint density at radius 1 is 1.35 bits per heavy atom. The summed E-state index contributed by atoms with van der Waals surface area (Å²) in [5.74, 6) is 0.821. The van der Waals surface area contributed by atoms with E-state index in [2.05, 4.69) is 19.2 Å². The number of aliphatic hydroxyl groups is 1. The number of nitrogens with one attached hydrogen (secondary N) is 1. The molecule has 4 nitrogen and oxygen atoms in total. The highest BCUT2D eigenvalue weighted by Crippen LogP contribution is 2.41. The summed E-state index contributed by atoms with van der Waals surface area (Å²) in [4.78, 5) is 14.5. The molecule has 0 spiro atoms. The predicted octanol–water partition coefficient (Wildman–Crippen LogP) is 1.18. The van der Waals surface area contributed by atoms with Gasteiger partial charge in [0.1, 0.15) is 0 Å². The van der Waals surface area contributed by atoms with Gasteiger partial charge in [0.15, 0.2) is 6.10 Å². The maximum absolute atomic E-state index is 12.6. The minimum absolute atomic E-state index is 0.171. The molecule has 2 fully saturated rings. The molecule has 1 aromatic rings. The molecule has 20 heavy (non-hydrogen) atoms. The van der Waals surface area contributed by atoms with E-state index in [1.807, 2.05) is 23.1 Å². The quantitative estimate of drug-likeness (QED) is 0.851. The molecule has 108 valence electrons. The van der Waals surface area contributed by atoms with E-state index in [9.17, 15) is 9.90 Å². The Hall–Kier alpha value is -1.39. The summed E-state index contributed by atoms with van der Waals surface area (Å²) in [5, 5.41) is 13.7. The fourth-order valence-corrected chi connectivity index (χ4v) is 3.72. The molecule has 2 N–H and O–H groups in total. The standard InChI is InChI=1S/C16H22N2O2/c1-16(2)13-9-17-8-12(13)10-18(16)15(20)14(19)11-6-4-3-5-7-11/h3-7,12-14,17,19H,8-10H2,1-2H3. The monoisotopic (exact) mass is 274 g/mol. The van der Waals surface area contributed by atoms with Crippen LogP contribution in [0.4, 0.5) is 0 Å². The molecule has 0 bridgehead atoms. The summed E-state index contributed by atoms with van der Waals surface area (Å²) < 4.78 is 0. The molecule has 0 saturated carbocycles. The summed E-state index contributed by atoms with van der Waals surface area (Å²) in [6, 6.07) is 9.18. The summed E-state index contributed by atoms with van der Waals surface area (Å²) in [7, 11) is 0. The Balaban J connectivity index is 1.81. The smallest absolute Gasteiger partial charge is 0.256 e. The van der Waals surface area contributed by atoms with E-state index in [1.54, 1.807) is 12.1 Å². The number of nitrogens with zero attached hydrogens (tertiary/aromatic N) is 1. The third-order valence-corrected chi connectivity index (χ3v) is 4.98. The molecule has 4 heteroatoms. The van der Waals surface area contributed by atoms with Gasteiger partial charge in [0, 0.05) is 25.2 Å². The van der Waals surface area contributed by atoms with Crippen LogP contribution in [0.3, 0.4) is 0 Å². The number of carbonyl (C=O) groups excluding carboxylic acids is 1. The molecular weight excluding hydrogens is 252 g/mol. The van der Waals surface area contributed by atoms with Gasteiger partial charge in [-0.15, -0.1) is 0 Å². The van der Waals surface area contributed by atoms with Crippen LogP contribution >= 0.6 is 0 Å². The second-order valence-corrected chi connectivity index (χ2v) is 6.44. The lowest BCUT2D eigenvalue weighted by Gasteiger charge is -2.36. The number of hydrogen-bond donors (Lipinski definition) is 2. The lowest BCUT2D eigenvalue weighted by molar-refractivity contribution is -0.144. The van der Waals surface area contributed by atoms with E-state index in [-0.39, 0.29) is 11.4 Å². The van der Waals surface area contributed by atoms with Gasteiger partial charge in [-0.1, -0.05) is 30.3 Å². The number of likely N-dealkylation sites (tertiary alicyclic amines) is 1.